The Bertz CT molecular complexity index is 288. The summed E-state index contributed by atoms with van der Waals surface area (Å²) in [6.45, 7) is 4.37. The molecule has 2 fully saturated rings. The van der Waals surface area contributed by atoms with Crippen molar-refractivity contribution in [3.8, 4) is 0 Å². The van der Waals surface area contributed by atoms with Crippen molar-refractivity contribution >= 4 is 5.91 Å². The van der Waals surface area contributed by atoms with Gasteiger partial charge in [0.1, 0.15) is 0 Å². The second-order valence-corrected chi connectivity index (χ2v) is 6.13. The summed E-state index contributed by atoms with van der Waals surface area (Å²) < 4.78 is 5.36. The molecule has 2 rings (SSSR count). The average molecular weight is 254 g/mol. The number of hydrogen-bond donors (Lipinski definition) is 2. The molecule has 104 valence electrons. The number of carbonyl (C=O) groups excluding carboxylic acids is 1. The van der Waals surface area contributed by atoms with Gasteiger partial charge in [0.2, 0.25) is 5.91 Å². The number of nitrogens with one attached hydrogen (secondary N) is 1. The van der Waals surface area contributed by atoms with E-state index in [0.29, 0.717) is 5.92 Å². The Labute approximate surface area is 110 Å². The molecule has 1 amide bonds. The highest BCUT2D eigenvalue weighted by atomic mass is 16.5. The summed E-state index contributed by atoms with van der Waals surface area (Å²) in [5, 5.41) is 3.25. The van der Waals surface area contributed by atoms with Gasteiger partial charge in [-0.25, -0.2) is 0 Å². The highest BCUT2D eigenvalue weighted by molar-refractivity contribution is 5.79. The van der Waals surface area contributed by atoms with Gasteiger partial charge in [0.05, 0.1) is 0 Å². The molecule has 0 bridgehead atoms. The molecule has 0 aromatic rings. The van der Waals surface area contributed by atoms with Crippen LogP contribution in [0.3, 0.4) is 0 Å². The quantitative estimate of drug-likeness (QED) is 0.801. The summed E-state index contributed by atoms with van der Waals surface area (Å²) in [5.41, 5.74) is 5.66. The van der Waals surface area contributed by atoms with Gasteiger partial charge >= 0.3 is 0 Å². The van der Waals surface area contributed by atoms with Gasteiger partial charge in [0.15, 0.2) is 0 Å². The lowest BCUT2D eigenvalue weighted by molar-refractivity contribution is -0.129. The van der Waals surface area contributed by atoms with E-state index in [1.807, 2.05) is 0 Å². The van der Waals surface area contributed by atoms with Gasteiger partial charge in [-0.2, -0.15) is 0 Å². The second kappa shape index (κ2) is 6.02. The van der Waals surface area contributed by atoms with Crippen molar-refractivity contribution in [1.29, 1.82) is 0 Å². The zero-order valence-corrected chi connectivity index (χ0v) is 11.4. The predicted octanol–water partition coefficient (Wildman–Crippen LogP) is 1.44. The SMILES string of the molecule is CC1(NC(=O)C2CCCC(CN)C2)CCOCC1. The van der Waals surface area contributed by atoms with Crippen LogP contribution >= 0.6 is 0 Å². The Morgan fingerprint density at radius 1 is 1.39 bits per heavy atom. The summed E-state index contributed by atoms with van der Waals surface area (Å²) in [6, 6.07) is 0. The Hall–Kier alpha value is -0.610. The highest BCUT2D eigenvalue weighted by Gasteiger charge is 2.33. The number of carbonyl (C=O) groups is 1. The lowest BCUT2D eigenvalue weighted by Gasteiger charge is -2.37. The Kier molecular flexibility index (Phi) is 4.62. The van der Waals surface area contributed by atoms with Crippen molar-refractivity contribution in [1.82, 2.24) is 5.32 Å². The Balaban J connectivity index is 1.86. The zero-order chi connectivity index (χ0) is 13.0. The topological polar surface area (TPSA) is 64.4 Å². The molecule has 2 atom stereocenters. The average Bonchev–Trinajstić information content (AvgIpc) is 2.39. The van der Waals surface area contributed by atoms with Crippen molar-refractivity contribution in [3.63, 3.8) is 0 Å². The minimum Gasteiger partial charge on any atom is -0.381 e. The largest absolute Gasteiger partial charge is 0.381 e. The van der Waals surface area contributed by atoms with E-state index < -0.39 is 0 Å². The third kappa shape index (κ3) is 3.45. The summed E-state index contributed by atoms with van der Waals surface area (Å²) in [5.74, 6) is 0.946. The van der Waals surface area contributed by atoms with Crippen LogP contribution in [0, 0.1) is 11.8 Å². The van der Waals surface area contributed by atoms with Gasteiger partial charge in [-0.1, -0.05) is 6.42 Å². The molecular formula is C14H26N2O2. The van der Waals surface area contributed by atoms with Crippen LogP contribution in [-0.2, 0) is 9.53 Å². The van der Waals surface area contributed by atoms with Crippen LogP contribution in [0.5, 0.6) is 0 Å². The van der Waals surface area contributed by atoms with Gasteiger partial charge in [-0.3, -0.25) is 4.79 Å². The molecule has 1 aliphatic heterocycles. The van der Waals surface area contributed by atoms with Crippen LogP contribution in [-0.4, -0.2) is 31.2 Å². The molecule has 2 aliphatic rings. The van der Waals surface area contributed by atoms with E-state index >= 15 is 0 Å². The number of ether oxygens (including phenoxy) is 1. The van der Waals surface area contributed by atoms with Crippen LogP contribution in [0.4, 0.5) is 0 Å². The molecule has 2 unspecified atom stereocenters. The molecule has 3 N–H and O–H groups in total. The number of amides is 1. The monoisotopic (exact) mass is 254 g/mol. The van der Waals surface area contributed by atoms with Crippen molar-refractivity contribution in [3.05, 3.63) is 0 Å². The minimum absolute atomic E-state index is 0.0645. The van der Waals surface area contributed by atoms with Crippen LogP contribution in [0.1, 0.15) is 45.4 Å². The second-order valence-electron chi connectivity index (χ2n) is 6.13. The molecule has 4 nitrogen and oxygen atoms in total. The molecule has 4 heteroatoms. The Morgan fingerprint density at radius 2 is 2.11 bits per heavy atom. The normalized spacial score (nSPS) is 31.9. The highest BCUT2D eigenvalue weighted by Crippen LogP contribution is 2.29. The number of nitrogens with two attached hydrogens (primary N) is 1. The van der Waals surface area contributed by atoms with E-state index in [2.05, 4.69) is 12.2 Å². The Morgan fingerprint density at radius 3 is 2.78 bits per heavy atom. The molecule has 1 saturated carbocycles. The summed E-state index contributed by atoms with van der Waals surface area (Å²) in [7, 11) is 0. The fourth-order valence-electron chi connectivity index (χ4n) is 3.09. The summed E-state index contributed by atoms with van der Waals surface area (Å²) in [6.07, 6.45) is 6.16. The van der Waals surface area contributed by atoms with Crippen molar-refractivity contribution in [2.45, 2.75) is 51.0 Å². The van der Waals surface area contributed by atoms with Crippen molar-refractivity contribution in [2.75, 3.05) is 19.8 Å². The molecule has 0 spiro atoms. The summed E-state index contributed by atoms with van der Waals surface area (Å²) >= 11 is 0. The smallest absolute Gasteiger partial charge is 0.223 e. The first-order valence-corrected chi connectivity index (χ1v) is 7.23. The van der Waals surface area contributed by atoms with Gasteiger partial charge in [-0.05, 0) is 51.5 Å². The molecule has 18 heavy (non-hydrogen) atoms. The maximum atomic E-state index is 12.3. The molecule has 0 aromatic carbocycles. The van der Waals surface area contributed by atoms with Crippen LogP contribution in [0.25, 0.3) is 0 Å². The first-order valence-electron chi connectivity index (χ1n) is 7.23. The van der Waals surface area contributed by atoms with Crippen molar-refractivity contribution in [2.24, 2.45) is 17.6 Å². The van der Waals surface area contributed by atoms with Crippen molar-refractivity contribution < 1.29 is 9.53 Å². The van der Waals surface area contributed by atoms with Crippen LogP contribution in [0.15, 0.2) is 0 Å². The van der Waals surface area contributed by atoms with E-state index in [0.717, 1.165) is 51.9 Å². The molecule has 1 saturated heterocycles. The van der Waals surface area contributed by atoms with E-state index in [4.69, 9.17) is 10.5 Å². The maximum Gasteiger partial charge on any atom is 0.223 e. The number of rotatable bonds is 3. The fraction of sp³-hybridized carbons (Fsp3) is 0.929. The van der Waals surface area contributed by atoms with E-state index in [1.165, 1.54) is 6.42 Å². The standard InChI is InChI=1S/C14H26N2O2/c1-14(5-7-18-8-6-14)16-13(17)12-4-2-3-11(9-12)10-15/h11-12H,2-10,15H2,1H3,(H,16,17). The van der Waals surface area contributed by atoms with Gasteiger partial charge < -0.3 is 15.8 Å². The van der Waals surface area contributed by atoms with Gasteiger partial charge in [0, 0.05) is 24.7 Å². The molecule has 1 aliphatic carbocycles. The number of hydrogen-bond acceptors (Lipinski definition) is 3. The van der Waals surface area contributed by atoms with Gasteiger partial charge in [-0.15, -0.1) is 0 Å². The molecule has 1 heterocycles. The predicted molar refractivity (Wildman–Crippen MR) is 71.1 cm³/mol. The van der Waals surface area contributed by atoms with E-state index in [9.17, 15) is 4.79 Å². The lowest BCUT2D eigenvalue weighted by atomic mass is 9.80. The maximum absolute atomic E-state index is 12.3. The fourth-order valence-corrected chi connectivity index (χ4v) is 3.09. The first-order chi connectivity index (χ1) is 8.63. The summed E-state index contributed by atoms with van der Waals surface area (Å²) in [4.78, 5) is 12.3. The van der Waals surface area contributed by atoms with E-state index in [-0.39, 0.29) is 17.4 Å². The van der Waals surface area contributed by atoms with Gasteiger partial charge in [0.25, 0.3) is 0 Å². The zero-order valence-electron chi connectivity index (χ0n) is 11.4. The lowest BCUT2D eigenvalue weighted by Crippen LogP contribution is -2.52. The van der Waals surface area contributed by atoms with Crippen LogP contribution in [0.2, 0.25) is 0 Å². The minimum atomic E-state index is -0.0645. The van der Waals surface area contributed by atoms with Crippen LogP contribution < -0.4 is 11.1 Å². The molecular weight excluding hydrogens is 228 g/mol. The molecule has 0 aromatic heterocycles. The first kappa shape index (κ1) is 13.8. The molecule has 0 radical (unpaired) electrons. The van der Waals surface area contributed by atoms with E-state index in [1.54, 1.807) is 0 Å². The third-order valence-corrected chi connectivity index (χ3v) is 4.51. The third-order valence-electron chi connectivity index (χ3n) is 4.51.